The summed E-state index contributed by atoms with van der Waals surface area (Å²) in [5.74, 6) is 0. The number of benzene rings is 6. The van der Waals surface area contributed by atoms with Gasteiger partial charge < -0.3 is 0 Å². The van der Waals surface area contributed by atoms with Crippen molar-refractivity contribution in [1.82, 2.24) is 0 Å². The van der Waals surface area contributed by atoms with Gasteiger partial charge in [-0.25, -0.2) is 0 Å². The average Bonchev–Trinajstić information content (AvgIpc) is 3.13. The van der Waals surface area contributed by atoms with Gasteiger partial charge in [-0.2, -0.15) is 0 Å². The third-order valence-electron chi connectivity index (χ3n) is 9.01. The zero-order chi connectivity index (χ0) is 34.8. The van der Waals surface area contributed by atoms with Gasteiger partial charge in [-0.05, 0) is 125 Å². The largest absolute Gasteiger partial charge is 0.0984 e. The van der Waals surface area contributed by atoms with E-state index in [4.69, 9.17) is 0 Å². The Morgan fingerprint density at radius 2 is 1.02 bits per heavy atom. The number of hydrogen-bond donors (Lipinski definition) is 0. The van der Waals surface area contributed by atoms with E-state index < -0.39 is 0 Å². The van der Waals surface area contributed by atoms with Gasteiger partial charge in [0.2, 0.25) is 0 Å². The molecule has 49 heavy (non-hydrogen) atoms. The van der Waals surface area contributed by atoms with Gasteiger partial charge in [0.1, 0.15) is 0 Å². The second kappa shape index (κ2) is 16.4. The lowest BCUT2D eigenvalue weighted by Gasteiger charge is -2.23. The third kappa shape index (κ3) is 8.42. The van der Waals surface area contributed by atoms with Crippen molar-refractivity contribution >= 4 is 22.8 Å². The molecule has 0 amide bonds. The maximum Gasteiger partial charge on any atom is -0.00670 e. The first-order valence-corrected chi connectivity index (χ1v) is 16.9. The summed E-state index contributed by atoms with van der Waals surface area (Å²) < 4.78 is 0. The van der Waals surface area contributed by atoms with Crippen molar-refractivity contribution in [2.75, 3.05) is 0 Å². The fraction of sp³-hybridized carbons (Fsp3) is 0.102. The highest BCUT2D eigenvalue weighted by atomic mass is 14.2. The second-order valence-corrected chi connectivity index (χ2v) is 12.6. The predicted octanol–water partition coefficient (Wildman–Crippen LogP) is 13.8. The fourth-order valence-electron chi connectivity index (χ4n) is 6.29. The maximum absolute atomic E-state index is 4.52. The highest BCUT2D eigenvalue weighted by Gasteiger charge is 2.20. The van der Waals surface area contributed by atoms with Crippen molar-refractivity contribution in [1.29, 1.82) is 0 Å². The molecule has 0 atom stereocenters. The lowest BCUT2D eigenvalue weighted by Crippen LogP contribution is -2.01. The zero-order valence-electron chi connectivity index (χ0n) is 29.5. The SMILES string of the molecule is C=Cc1c(-c2ccccc2C)cc(C(/C=C(\C)c2ccccc2)=C/C(=C)c2ccccc2)c(-c2ccccc2C)c1C.Cc1ccccc1. The van der Waals surface area contributed by atoms with Gasteiger partial charge in [0.15, 0.2) is 0 Å². The van der Waals surface area contributed by atoms with Gasteiger partial charge in [-0.15, -0.1) is 0 Å². The molecule has 0 aliphatic heterocycles. The molecular weight excluding hydrogens is 589 g/mol. The second-order valence-electron chi connectivity index (χ2n) is 12.6. The lowest BCUT2D eigenvalue weighted by molar-refractivity contribution is 1.37. The van der Waals surface area contributed by atoms with Crippen LogP contribution in [0.4, 0.5) is 0 Å². The van der Waals surface area contributed by atoms with Crippen LogP contribution in [0.25, 0.3) is 45.0 Å². The standard InChI is InChI=1S/C42H38.C7H8/c1-7-37-33(6)42(39-25-17-15-19-30(39)3)40(28-41(37)38-24-16-14-18-29(38)2)36(26-31(4)34-20-10-8-11-21-34)27-32(5)35-22-12-9-13-23-35;1-7-5-3-2-4-6-7/h7-28H,1,4H2,2-3,5-6H3;2-6H,1H3/b32-27+,36-26+;. The van der Waals surface area contributed by atoms with E-state index in [-0.39, 0.29) is 0 Å². The fourth-order valence-corrected chi connectivity index (χ4v) is 6.29. The molecule has 0 fully saturated rings. The highest BCUT2D eigenvalue weighted by Crippen LogP contribution is 2.43. The van der Waals surface area contributed by atoms with Crippen LogP contribution >= 0.6 is 0 Å². The first kappa shape index (κ1) is 34.6. The summed E-state index contributed by atoms with van der Waals surface area (Å²) in [6.07, 6.45) is 6.57. The van der Waals surface area contributed by atoms with E-state index in [1.807, 2.05) is 30.3 Å². The molecule has 0 radical (unpaired) electrons. The van der Waals surface area contributed by atoms with E-state index in [2.05, 4.69) is 181 Å². The molecular formula is C49H46. The summed E-state index contributed by atoms with van der Waals surface area (Å²) in [6, 6.07) is 50.9. The first-order valence-electron chi connectivity index (χ1n) is 16.9. The van der Waals surface area contributed by atoms with Crippen LogP contribution in [-0.2, 0) is 0 Å². The number of allylic oxidation sites excluding steroid dienone is 5. The molecule has 6 aromatic carbocycles. The number of hydrogen-bond acceptors (Lipinski definition) is 0. The number of rotatable bonds is 8. The van der Waals surface area contributed by atoms with Crippen molar-refractivity contribution in [2.45, 2.75) is 34.6 Å². The Labute approximate surface area is 294 Å². The topological polar surface area (TPSA) is 0 Å². The Bertz CT molecular complexity index is 2110. The van der Waals surface area contributed by atoms with Crippen LogP contribution < -0.4 is 0 Å². The highest BCUT2D eigenvalue weighted by molar-refractivity contribution is 5.99. The third-order valence-corrected chi connectivity index (χ3v) is 9.01. The maximum atomic E-state index is 4.52. The minimum absolute atomic E-state index is 0.973. The van der Waals surface area contributed by atoms with E-state index in [0.717, 1.165) is 22.3 Å². The van der Waals surface area contributed by atoms with Crippen molar-refractivity contribution in [2.24, 2.45) is 0 Å². The Morgan fingerprint density at radius 3 is 1.53 bits per heavy atom. The molecule has 0 aliphatic rings. The summed E-state index contributed by atoms with van der Waals surface area (Å²) in [6.45, 7) is 19.7. The molecule has 0 saturated heterocycles. The summed E-state index contributed by atoms with van der Waals surface area (Å²) in [7, 11) is 0. The molecule has 0 nitrogen and oxygen atoms in total. The quantitative estimate of drug-likeness (QED) is 0.146. The first-order chi connectivity index (χ1) is 23.8. The molecule has 6 rings (SSSR count). The Hall–Kier alpha value is -5.72. The normalized spacial score (nSPS) is 11.4. The monoisotopic (exact) mass is 634 g/mol. The minimum atomic E-state index is 0.973. The Balaban J connectivity index is 0.000000595. The Kier molecular flexibility index (Phi) is 11.6. The molecule has 0 aromatic heterocycles. The van der Waals surface area contributed by atoms with Crippen molar-refractivity contribution in [3.63, 3.8) is 0 Å². The van der Waals surface area contributed by atoms with Crippen LogP contribution in [0.1, 0.15) is 51.4 Å². The van der Waals surface area contributed by atoms with Crippen LogP contribution in [0.15, 0.2) is 171 Å². The van der Waals surface area contributed by atoms with Crippen LogP contribution in [0.3, 0.4) is 0 Å². The smallest absolute Gasteiger partial charge is 0.00670 e. The van der Waals surface area contributed by atoms with Crippen LogP contribution in [0, 0.1) is 27.7 Å². The molecule has 242 valence electrons. The molecule has 0 bridgehead atoms. The minimum Gasteiger partial charge on any atom is -0.0984 e. The molecule has 6 aromatic rings. The summed E-state index contributed by atoms with van der Waals surface area (Å²) in [5, 5.41) is 0. The summed E-state index contributed by atoms with van der Waals surface area (Å²) in [5.41, 5.74) is 17.8. The zero-order valence-corrected chi connectivity index (χ0v) is 29.5. The van der Waals surface area contributed by atoms with Gasteiger partial charge in [0, 0.05) is 0 Å². The molecule has 0 heteroatoms. The van der Waals surface area contributed by atoms with Crippen LogP contribution in [0.5, 0.6) is 0 Å². The Morgan fingerprint density at radius 1 is 0.531 bits per heavy atom. The average molecular weight is 635 g/mol. The van der Waals surface area contributed by atoms with E-state index in [0.29, 0.717) is 0 Å². The van der Waals surface area contributed by atoms with E-state index in [1.54, 1.807) is 0 Å². The molecule has 0 aliphatic carbocycles. The van der Waals surface area contributed by atoms with E-state index in [9.17, 15) is 0 Å². The molecule has 0 unspecified atom stereocenters. The van der Waals surface area contributed by atoms with Gasteiger partial charge >= 0.3 is 0 Å². The lowest BCUT2D eigenvalue weighted by atomic mass is 9.81. The number of aryl methyl sites for hydroxylation is 3. The van der Waals surface area contributed by atoms with Gasteiger partial charge in [-0.3, -0.25) is 0 Å². The van der Waals surface area contributed by atoms with E-state index in [1.165, 1.54) is 61.2 Å². The summed E-state index contributed by atoms with van der Waals surface area (Å²) in [4.78, 5) is 0. The van der Waals surface area contributed by atoms with Gasteiger partial charge in [0.05, 0.1) is 0 Å². The molecule has 0 heterocycles. The molecule has 0 spiro atoms. The van der Waals surface area contributed by atoms with Gasteiger partial charge in [-0.1, -0.05) is 170 Å². The predicted molar refractivity (Wildman–Crippen MR) is 216 cm³/mol. The summed E-state index contributed by atoms with van der Waals surface area (Å²) >= 11 is 0. The van der Waals surface area contributed by atoms with Crippen molar-refractivity contribution in [3.8, 4) is 22.3 Å². The van der Waals surface area contributed by atoms with Crippen molar-refractivity contribution < 1.29 is 0 Å². The van der Waals surface area contributed by atoms with Crippen LogP contribution in [0.2, 0.25) is 0 Å². The van der Waals surface area contributed by atoms with Gasteiger partial charge in [0.25, 0.3) is 0 Å². The van der Waals surface area contributed by atoms with Crippen LogP contribution in [-0.4, -0.2) is 0 Å². The van der Waals surface area contributed by atoms with E-state index >= 15 is 0 Å². The van der Waals surface area contributed by atoms with Crippen molar-refractivity contribution in [3.05, 3.63) is 215 Å². The molecule has 0 saturated carbocycles. The molecule has 0 N–H and O–H groups in total.